The number of hydrogen-bond donors (Lipinski definition) is 0. The number of nitrogens with zero attached hydrogens (tertiary/aromatic N) is 2. The average Bonchev–Trinajstić information content (AvgIpc) is 2.34. The minimum Gasteiger partial charge on any atom is -0.440 e. The molecule has 1 aliphatic heterocycles. The maximum Gasteiger partial charge on any atom is 0.422 e. The lowest BCUT2D eigenvalue weighted by Crippen LogP contribution is -2.38. The second-order valence-electron chi connectivity index (χ2n) is 3.95. The highest BCUT2D eigenvalue weighted by Crippen LogP contribution is 2.19. The predicted octanol–water partition coefficient (Wildman–Crippen LogP) is 2.14. The molecule has 0 aliphatic carbocycles. The SMILES string of the molecule is O=C(OCC(F)(F)F)N1CCc2ncccc2C1. The van der Waals surface area contributed by atoms with Crippen molar-refractivity contribution in [2.75, 3.05) is 13.2 Å². The van der Waals surface area contributed by atoms with Gasteiger partial charge in [-0.15, -0.1) is 0 Å². The first-order chi connectivity index (χ1) is 8.46. The molecular formula is C11H11F3N2O2. The van der Waals surface area contributed by atoms with Crippen LogP contribution in [0.2, 0.25) is 0 Å². The first-order valence-electron chi connectivity index (χ1n) is 5.37. The van der Waals surface area contributed by atoms with Crippen LogP contribution in [0.3, 0.4) is 0 Å². The number of rotatable bonds is 1. The zero-order valence-corrected chi connectivity index (χ0v) is 9.41. The van der Waals surface area contributed by atoms with Crippen LogP contribution < -0.4 is 0 Å². The minimum absolute atomic E-state index is 0.236. The Labute approximate surface area is 101 Å². The summed E-state index contributed by atoms with van der Waals surface area (Å²) in [7, 11) is 0. The molecule has 1 amide bonds. The van der Waals surface area contributed by atoms with Crippen molar-refractivity contribution in [3.05, 3.63) is 29.6 Å². The Bertz CT molecular complexity index is 448. The van der Waals surface area contributed by atoms with Crippen LogP contribution in [0.15, 0.2) is 18.3 Å². The van der Waals surface area contributed by atoms with Crippen LogP contribution >= 0.6 is 0 Å². The number of amides is 1. The molecule has 0 bridgehead atoms. The standard InChI is InChI=1S/C11H11F3N2O2/c12-11(13,14)7-18-10(17)16-5-3-9-8(6-16)2-1-4-15-9/h1-2,4H,3,5-7H2. The largest absolute Gasteiger partial charge is 0.440 e. The van der Waals surface area contributed by atoms with Gasteiger partial charge in [-0.1, -0.05) is 6.07 Å². The molecule has 0 saturated heterocycles. The molecule has 1 aromatic heterocycles. The van der Waals surface area contributed by atoms with Gasteiger partial charge in [0.25, 0.3) is 0 Å². The van der Waals surface area contributed by atoms with Gasteiger partial charge in [0.15, 0.2) is 6.61 Å². The molecule has 0 aromatic carbocycles. The van der Waals surface area contributed by atoms with Crippen molar-refractivity contribution in [1.29, 1.82) is 0 Å². The molecule has 0 atom stereocenters. The lowest BCUT2D eigenvalue weighted by atomic mass is 10.1. The van der Waals surface area contributed by atoms with E-state index in [1.54, 1.807) is 18.3 Å². The van der Waals surface area contributed by atoms with Gasteiger partial charge in [-0.05, 0) is 11.6 Å². The smallest absolute Gasteiger partial charge is 0.422 e. The van der Waals surface area contributed by atoms with Crippen LogP contribution in [-0.4, -0.2) is 35.3 Å². The van der Waals surface area contributed by atoms with E-state index in [4.69, 9.17) is 0 Å². The average molecular weight is 260 g/mol. The summed E-state index contributed by atoms with van der Waals surface area (Å²) in [6.45, 7) is -0.997. The number of ether oxygens (including phenoxy) is 1. The number of hydrogen-bond acceptors (Lipinski definition) is 3. The molecule has 2 rings (SSSR count). The van der Waals surface area contributed by atoms with Crippen LogP contribution in [-0.2, 0) is 17.7 Å². The Morgan fingerprint density at radius 3 is 3.00 bits per heavy atom. The molecule has 0 saturated carbocycles. The van der Waals surface area contributed by atoms with Crippen molar-refractivity contribution in [2.24, 2.45) is 0 Å². The maximum absolute atomic E-state index is 11.9. The van der Waals surface area contributed by atoms with E-state index in [2.05, 4.69) is 9.72 Å². The predicted molar refractivity (Wildman–Crippen MR) is 55.8 cm³/mol. The quantitative estimate of drug-likeness (QED) is 0.777. The minimum atomic E-state index is -4.50. The van der Waals surface area contributed by atoms with Gasteiger partial charge in [0.2, 0.25) is 0 Å². The van der Waals surface area contributed by atoms with Crippen molar-refractivity contribution < 1.29 is 22.7 Å². The van der Waals surface area contributed by atoms with Gasteiger partial charge in [-0.2, -0.15) is 13.2 Å². The lowest BCUT2D eigenvalue weighted by molar-refractivity contribution is -0.162. The summed E-state index contributed by atoms with van der Waals surface area (Å²) in [6, 6.07) is 3.52. The van der Waals surface area contributed by atoms with Crippen molar-refractivity contribution in [1.82, 2.24) is 9.88 Å². The fourth-order valence-corrected chi connectivity index (χ4v) is 1.76. The molecule has 4 nitrogen and oxygen atoms in total. The molecule has 18 heavy (non-hydrogen) atoms. The Morgan fingerprint density at radius 1 is 1.50 bits per heavy atom. The van der Waals surface area contributed by atoms with Gasteiger partial charge in [0, 0.05) is 24.9 Å². The third-order valence-electron chi connectivity index (χ3n) is 2.58. The zero-order valence-electron chi connectivity index (χ0n) is 9.41. The molecule has 0 spiro atoms. The van der Waals surface area contributed by atoms with E-state index in [0.717, 1.165) is 11.3 Å². The highest BCUT2D eigenvalue weighted by atomic mass is 19.4. The molecule has 0 unspecified atom stereocenters. The summed E-state index contributed by atoms with van der Waals surface area (Å²) in [5.41, 5.74) is 1.71. The molecule has 1 aliphatic rings. The summed E-state index contributed by atoms with van der Waals surface area (Å²) in [4.78, 5) is 16.8. The second-order valence-corrected chi connectivity index (χ2v) is 3.95. The lowest BCUT2D eigenvalue weighted by Gasteiger charge is -2.27. The van der Waals surface area contributed by atoms with Gasteiger partial charge < -0.3 is 9.64 Å². The van der Waals surface area contributed by atoms with E-state index >= 15 is 0 Å². The van der Waals surface area contributed by atoms with Crippen molar-refractivity contribution in [2.45, 2.75) is 19.1 Å². The number of carbonyl (C=O) groups excluding carboxylic acids is 1. The van der Waals surface area contributed by atoms with E-state index in [-0.39, 0.29) is 6.54 Å². The fourth-order valence-electron chi connectivity index (χ4n) is 1.76. The van der Waals surface area contributed by atoms with E-state index in [1.807, 2.05) is 0 Å². The van der Waals surface area contributed by atoms with Gasteiger partial charge >= 0.3 is 12.3 Å². The van der Waals surface area contributed by atoms with Crippen LogP contribution in [0.1, 0.15) is 11.3 Å². The monoisotopic (exact) mass is 260 g/mol. The topological polar surface area (TPSA) is 42.4 Å². The maximum atomic E-state index is 11.9. The molecule has 0 N–H and O–H groups in total. The Hall–Kier alpha value is -1.79. The number of alkyl halides is 3. The third kappa shape index (κ3) is 3.12. The molecule has 0 fully saturated rings. The molecule has 1 aromatic rings. The highest BCUT2D eigenvalue weighted by molar-refractivity contribution is 5.68. The van der Waals surface area contributed by atoms with Crippen molar-refractivity contribution in [3.8, 4) is 0 Å². The normalized spacial score (nSPS) is 15.2. The zero-order chi connectivity index (χ0) is 13.2. The Morgan fingerprint density at radius 2 is 2.28 bits per heavy atom. The third-order valence-corrected chi connectivity index (χ3v) is 2.58. The number of fused-ring (bicyclic) bond motifs is 1. The highest BCUT2D eigenvalue weighted by Gasteiger charge is 2.31. The van der Waals surface area contributed by atoms with E-state index in [1.165, 1.54) is 4.90 Å². The summed E-state index contributed by atoms with van der Waals surface area (Å²) in [5.74, 6) is 0. The Balaban J connectivity index is 1.95. The number of pyridine rings is 1. The summed E-state index contributed by atoms with van der Waals surface area (Å²) in [6.07, 6.45) is -3.26. The number of halogens is 3. The van der Waals surface area contributed by atoms with Crippen LogP contribution in [0.25, 0.3) is 0 Å². The summed E-state index contributed by atoms with van der Waals surface area (Å²) in [5, 5.41) is 0. The van der Waals surface area contributed by atoms with Crippen molar-refractivity contribution >= 4 is 6.09 Å². The fraction of sp³-hybridized carbons (Fsp3) is 0.455. The summed E-state index contributed by atoms with van der Waals surface area (Å²) >= 11 is 0. The molecular weight excluding hydrogens is 249 g/mol. The van der Waals surface area contributed by atoms with Gasteiger partial charge in [0.05, 0.1) is 6.54 Å². The molecule has 98 valence electrons. The van der Waals surface area contributed by atoms with E-state index < -0.39 is 18.9 Å². The van der Waals surface area contributed by atoms with Crippen LogP contribution in [0.4, 0.5) is 18.0 Å². The molecule has 7 heteroatoms. The Kier molecular flexibility index (Phi) is 3.40. The second kappa shape index (κ2) is 4.83. The van der Waals surface area contributed by atoms with E-state index in [0.29, 0.717) is 13.0 Å². The van der Waals surface area contributed by atoms with Crippen LogP contribution in [0.5, 0.6) is 0 Å². The van der Waals surface area contributed by atoms with Gasteiger partial charge in [0.1, 0.15) is 0 Å². The van der Waals surface area contributed by atoms with Gasteiger partial charge in [-0.25, -0.2) is 4.79 Å². The molecule has 0 radical (unpaired) electrons. The summed E-state index contributed by atoms with van der Waals surface area (Å²) < 4.78 is 40.0. The molecule has 2 heterocycles. The number of aromatic nitrogens is 1. The number of carbonyl (C=O) groups is 1. The first kappa shape index (κ1) is 12.7. The van der Waals surface area contributed by atoms with Crippen molar-refractivity contribution in [3.63, 3.8) is 0 Å². The first-order valence-corrected chi connectivity index (χ1v) is 5.37. The van der Waals surface area contributed by atoms with E-state index in [9.17, 15) is 18.0 Å². The van der Waals surface area contributed by atoms with Crippen LogP contribution in [0, 0.1) is 0 Å². The van der Waals surface area contributed by atoms with Gasteiger partial charge in [-0.3, -0.25) is 4.98 Å².